The molecule has 0 bridgehead atoms. The Kier molecular flexibility index (Phi) is 3.79. The molecule has 2 aromatic rings. The molecule has 0 aliphatic rings. The van der Waals surface area contributed by atoms with E-state index in [0.717, 1.165) is 6.07 Å². The molecule has 2 rings (SSSR count). The van der Waals surface area contributed by atoms with E-state index in [1.807, 2.05) is 0 Å². The minimum atomic E-state index is -3.06. The first-order chi connectivity index (χ1) is 8.93. The number of nitrogens with one attached hydrogen (secondary N) is 1. The van der Waals surface area contributed by atoms with Crippen LogP contribution in [0.3, 0.4) is 0 Å². The highest BCUT2D eigenvalue weighted by Gasteiger charge is 2.18. The van der Waals surface area contributed by atoms with Gasteiger partial charge in [0.25, 0.3) is 5.56 Å². The summed E-state index contributed by atoms with van der Waals surface area (Å²) in [6.45, 7) is -1.67. The highest BCUT2D eigenvalue weighted by Crippen LogP contribution is 2.29. The van der Waals surface area contributed by atoms with Crippen LogP contribution in [0.15, 0.2) is 10.9 Å². The Morgan fingerprint density at radius 2 is 2.21 bits per heavy atom. The first-order valence-corrected chi connectivity index (χ1v) is 6.29. The number of fused-ring (bicyclic) bond motifs is 1. The van der Waals surface area contributed by atoms with Gasteiger partial charge in [-0.3, -0.25) is 4.79 Å². The van der Waals surface area contributed by atoms with Crippen LogP contribution in [0.5, 0.6) is 5.75 Å². The predicted molar refractivity (Wildman–Crippen MR) is 66.3 cm³/mol. The molecule has 0 radical (unpaired) electrons. The molecule has 1 heterocycles. The summed E-state index contributed by atoms with van der Waals surface area (Å²) < 4.78 is 43.0. The lowest BCUT2D eigenvalue weighted by Crippen LogP contribution is -2.14. The Bertz CT molecular complexity index is 688. The van der Waals surface area contributed by atoms with E-state index < -0.39 is 18.0 Å². The van der Waals surface area contributed by atoms with E-state index in [-0.39, 0.29) is 33.4 Å². The molecule has 0 amide bonds. The van der Waals surface area contributed by atoms with Crippen molar-refractivity contribution in [2.75, 3.05) is 0 Å². The minimum absolute atomic E-state index is 0.0395. The summed E-state index contributed by atoms with van der Waals surface area (Å²) in [6.07, 6.45) is 0. The Labute approximate surface area is 113 Å². The summed E-state index contributed by atoms with van der Waals surface area (Å²) in [6, 6.07) is 1.13. The number of ether oxygens (including phenoxy) is 1. The molecule has 0 unspecified atom stereocenters. The second kappa shape index (κ2) is 5.20. The maximum absolute atomic E-state index is 14.0. The Hall–Kier alpha value is -1.57. The topological polar surface area (TPSA) is 55.0 Å². The molecular weight excluding hydrogens is 329 g/mol. The van der Waals surface area contributed by atoms with Crippen molar-refractivity contribution in [3.63, 3.8) is 0 Å². The fourth-order valence-corrected chi connectivity index (χ4v) is 2.02. The number of alkyl halides is 3. The van der Waals surface area contributed by atoms with E-state index in [4.69, 9.17) is 0 Å². The molecule has 0 atom stereocenters. The zero-order valence-electron chi connectivity index (χ0n) is 9.64. The molecule has 19 heavy (non-hydrogen) atoms. The molecule has 0 aliphatic carbocycles. The van der Waals surface area contributed by atoms with Gasteiger partial charge < -0.3 is 9.72 Å². The first kappa shape index (κ1) is 13.9. The number of aromatic amines is 1. The van der Waals surface area contributed by atoms with Crippen LogP contribution in [0.2, 0.25) is 0 Å². The number of H-pyrrole nitrogens is 1. The van der Waals surface area contributed by atoms with Crippen LogP contribution in [-0.4, -0.2) is 16.6 Å². The summed E-state index contributed by atoms with van der Waals surface area (Å²) in [4.78, 5) is 17.5. The normalized spacial score (nSPS) is 11.3. The maximum atomic E-state index is 14.0. The Morgan fingerprint density at radius 1 is 1.53 bits per heavy atom. The molecule has 8 heteroatoms. The molecule has 1 N–H and O–H groups in total. The van der Waals surface area contributed by atoms with Crippen LogP contribution in [-0.2, 0) is 5.33 Å². The molecule has 0 fully saturated rings. The summed E-state index contributed by atoms with van der Waals surface area (Å²) in [5.41, 5.74) is -0.842. The average molecular weight is 337 g/mol. The lowest BCUT2D eigenvalue weighted by atomic mass is 10.1. The molecule has 1 aromatic carbocycles. The monoisotopic (exact) mass is 336 g/mol. The molecule has 0 spiro atoms. The van der Waals surface area contributed by atoms with Crippen LogP contribution in [0.4, 0.5) is 13.2 Å². The van der Waals surface area contributed by atoms with Gasteiger partial charge in [-0.1, -0.05) is 15.9 Å². The van der Waals surface area contributed by atoms with E-state index in [1.54, 1.807) is 0 Å². The van der Waals surface area contributed by atoms with Gasteiger partial charge in [-0.2, -0.15) is 8.78 Å². The fraction of sp³-hybridized carbons (Fsp3) is 0.273. The van der Waals surface area contributed by atoms with Crippen LogP contribution in [0.25, 0.3) is 11.0 Å². The second-order valence-corrected chi connectivity index (χ2v) is 4.30. The van der Waals surface area contributed by atoms with Gasteiger partial charge in [0.2, 0.25) is 0 Å². The largest absolute Gasteiger partial charge is 0.432 e. The van der Waals surface area contributed by atoms with Gasteiger partial charge in [0.1, 0.15) is 16.7 Å². The van der Waals surface area contributed by atoms with E-state index in [2.05, 4.69) is 30.6 Å². The quantitative estimate of drug-likeness (QED) is 0.877. The summed E-state index contributed by atoms with van der Waals surface area (Å²) in [5.74, 6) is -1.00. The van der Waals surface area contributed by atoms with Crippen LogP contribution in [0, 0.1) is 12.7 Å². The van der Waals surface area contributed by atoms with E-state index >= 15 is 0 Å². The van der Waals surface area contributed by atoms with Crippen LogP contribution in [0.1, 0.15) is 11.3 Å². The third-order valence-electron chi connectivity index (χ3n) is 2.48. The van der Waals surface area contributed by atoms with Gasteiger partial charge in [0.05, 0.1) is 0 Å². The zero-order chi connectivity index (χ0) is 14.2. The molecule has 0 saturated heterocycles. The van der Waals surface area contributed by atoms with Crippen molar-refractivity contribution in [1.82, 2.24) is 9.97 Å². The fourth-order valence-electron chi connectivity index (χ4n) is 1.61. The van der Waals surface area contributed by atoms with E-state index in [1.165, 1.54) is 6.92 Å². The van der Waals surface area contributed by atoms with Crippen molar-refractivity contribution in [3.05, 3.63) is 33.5 Å². The third kappa shape index (κ3) is 2.58. The standard InChI is InChI=1S/C11H8BrF3N2O2/c1-4-10(18)17-9-7(13)5(3-12)2-6(8(9)16-4)19-11(14)15/h2,11H,3H2,1H3,(H,17,18). The van der Waals surface area contributed by atoms with Crippen molar-refractivity contribution in [2.45, 2.75) is 18.9 Å². The van der Waals surface area contributed by atoms with Crippen molar-refractivity contribution >= 4 is 27.0 Å². The van der Waals surface area contributed by atoms with Gasteiger partial charge in [0, 0.05) is 10.9 Å². The average Bonchev–Trinajstić information content (AvgIpc) is 2.34. The first-order valence-electron chi connectivity index (χ1n) is 5.16. The van der Waals surface area contributed by atoms with Crippen molar-refractivity contribution in [1.29, 1.82) is 0 Å². The molecular formula is C11H8BrF3N2O2. The number of aryl methyl sites for hydroxylation is 1. The number of hydrogen-bond acceptors (Lipinski definition) is 3. The number of halogens is 4. The molecule has 4 nitrogen and oxygen atoms in total. The summed E-state index contributed by atoms with van der Waals surface area (Å²) in [7, 11) is 0. The van der Waals surface area contributed by atoms with Crippen LogP contribution >= 0.6 is 15.9 Å². The van der Waals surface area contributed by atoms with E-state index in [0.29, 0.717) is 0 Å². The van der Waals surface area contributed by atoms with E-state index in [9.17, 15) is 18.0 Å². The zero-order valence-corrected chi connectivity index (χ0v) is 11.2. The SMILES string of the molecule is Cc1nc2c(OC(F)F)cc(CBr)c(F)c2[nH]c1=O. The van der Waals surface area contributed by atoms with Crippen molar-refractivity contribution in [3.8, 4) is 5.75 Å². The molecule has 102 valence electrons. The minimum Gasteiger partial charge on any atom is -0.432 e. The van der Waals surface area contributed by atoms with Gasteiger partial charge in [-0.25, -0.2) is 9.37 Å². The second-order valence-electron chi connectivity index (χ2n) is 3.73. The molecule has 0 saturated carbocycles. The number of aromatic nitrogens is 2. The molecule has 0 aliphatic heterocycles. The van der Waals surface area contributed by atoms with Gasteiger partial charge >= 0.3 is 6.61 Å². The lowest BCUT2D eigenvalue weighted by molar-refractivity contribution is -0.0489. The van der Waals surface area contributed by atoms with Crippen molar-refractivity contribution < 1.29 is 17.9 Å². The summed E-state index contributed by atoms with van der Waals surface area (Å²) in [5, 5.41) is 0.0876. The highest BCUT2D eigenvalue weighted by atomic mass is 79.9. The lowest BCUT2D eigenvalue weighted by Gasteiger charge is -2.11. The smallest absolute Gasteiger partial charge is 0.387 e. The third-order valence-corrected chi connectivity index (χ3v) is 3.09. The Morgan fingerprint density at radius 3 is 2.79 bits per heavy atom. The number of rotatable bonds is 3. The predicted octanol–water partition coefficient (Wildman–Crippen LogP) is 2.87. The highest BCUT2D eigenvalue weighted by molar-refractivity contribution is 9.08. The number of hydrogen-bond donors (Lipinski definition) is 1. The van der Waals surface area contributed by atoms with Gasteiger partial charge in [-0.05, 0) is 13.0 Å². The van der Waals surface area contributed by atoms with Gasteiger partial charge in [-0.15, -0.1) is 0 Å². The number of benzene rings is 1. The van der Waals surface area contributed by atoms with Crippen molar-refractivity contribution in [2.24, 2.45) is 0 Å². The number of nitrogens with zero attached hydrogens (tertiary/aromatic N) is 1. The Balaban J connectivity index is 2.83. The summed E-state index contributed by atoms with van der Waals surface area (Å²) >= 11 is 3.03. The maximum Gasteiger partial charge on any atom is 0.387 e. The molecule has 1 aromatic heterocycles. The van der Waals surface area contributed by atoms with Gasteiger partial charge in [0.15, 0.2) is 11.6 Å². The van der Waals surface area contributed by atoms with Crippen LogP contribution < -0.4 is 10.3 Å².